The lowest BCUT2D eigenvalue weighted by Gasteiger charge is -2.04. The van der Waals surface area contributed by atoms with Gasteiger partial charge in [0.25, 0.3) is 0 Å². The molecule has 0 unspecified atom stereocenters. The summed E-state index contributed by atoms with van der Waals surface area (Å²) >= 11 is 3.31. The molecule has 0 fully saturated rings. The number of thioether (sulfide) groups is 1. The normalized spacial score (nSPS) is 10.7. The molecule has 2 aromatic heterocycles. The Kier molecular flexibility index (Phi) is 5.46. The molecule has 0 N–H and O–H groups in total. The second-order valence-corrected chi connectivity index (χ2v) is 7.64. The van der Waals surface area contributed by atoms with Gasteiger partial charge in [-0.2, -0.15) is 0 Å². The number of ether oxygens (including phenoxy) is 1. The van der Waals surface area contributed by atoms with Crippen LogP contribution in [0.3, 0.4) is 0 Å². The molecular weight excluding hydrogens is 374 g/mol. The first-order valence-corrected chi connectivity index (χ1v) is 10.3. The quantitative estimate of drug-likeness (QED) is 0.402. The van der Waals surface area contributed by atoms with Gasteiger partial charge >= 0.3 is 0 Å². The molecule has 0 aliphatic heterocycles. The Balaban J connectivity index is 1.41. The van der Waals surface area contributed by atoms with E-state index in [0.717, 1.165) is 44.1 Å². The van der Waals surface area contributed by atoms with Gasteiger partial charge in [0.15, 0.2) is 0 Å². The maximum absolute atomic E-state index is 5.26. The molecule has 0 bridgehead atoms. The van der Waals surface area contributed by atoms with Crippen molar-refractivity contribution in [3.05, 3.63) is 77.8 Å². The topological polar surface area (TPSA) is 47.9 Å². The first-order chi connectivity index (χ1) is 13.3. The van der Waals surface area contributed by atoms with Crippen molar-refractivity contribution >= 4 is 23.1 Å². The lowest BCUT2D eigenvalue weighted by atomic mass is 10.1. The van der Waals surface area contributed by atoms with Gasteiger partial charge in [-0.05, 0) is 24.3 Å². The van der Waals surface area contributed by atoms with Gasteiger partial charge in [0.2, 0.25) is 0 Å². The number of methoxy groups -OCH3 is 1. The van der Waals surface area contributed by atoms with Crippen LogP contribution in [-0.2, 0) is 5.75 Å². The van der Waals surface area contributed by atoms with Crippen LogP contribution in [0.5, 0.6) is 5.75 Å². The summed E-state index contributed by atoms with van der Waals surface area (Å²) < 4.78 is 5.26. The third-order valence-corrected chi connectivity index (χ3v) is 5.84. The molecule has 0 saturated carbocycles. The molecule has 0 saturated heterocycles. The Hall–Kier alpha value is -2.70. The molecule has 4 nitrogen and oxygen atoms in total. The summed E-state index contributed by atoms with van der Waals surface area (Å²) in [5.74, 6) is 1.58. The molecule has 4 rings (SSSR count). The van der Waals surface area contributed by atoms with E-state index >= 15 is 0 Å². The Morgan fingerprint density at radius 1 is 0.926 bits per heavy atom. The number of aromatic nitrogens is 3. The van der Waals surface area contributed by atoms with Crippen LogP contribution in [0.25, 0.3) is 21.8 Å². The third kappa shape index (κ3) is 4.35. The number of nitrogens with zero attached hydrogens (tertiary/aromatic N) is 3. The monoisotopic (exact) mass is 391 g/mol. The summed E-state index contributed by atoms with van der Waals surface area (Å²) in [7, 11) is 1.66. The van der Waals surface area contributed by atoms with Crippen LogP contribution >= 0.6 is 23.1 Å². The Labute approximate surface area is 166 Å². The fourth-order valence-electron chi connectivity index (χ4n) is 2.57. The summed E-state index contributed by atoms with van der Waals surface area (Å²) in [5, 5.41) is 12.7. The molecule has 134 valence electrons. The molecule has 0 radical (unpaired) electrons. The highest BCUT2D eigenvalue weighted by atomic mass is 32.2. The van der Waals surface area contributed by atoms with E-state index in [1.54, 1.807) is 30.2 Å². The molecule has 0 spiro atoms. The smallest absolute Gasteiger partial charge is 0.123 e. The maximum atomic E-state index is 5.26. The van der Waals surface area contributed by atoms with Crippen molar-refractivity contribution in [1.29, 1.82) is 0 Å². The highest BCUT2D eigenvalue weighted by Crippen LogP contribution is 2.28. The van der Waals surface area contributed by atoms with Crippen LogP contribution < -0.4 is 4.74 Å². The van der Waals surface area contributed by atoms with Gasteiger partial charge in [0, 0.05) is 22.3 Å². The Morgan fingerprint density at radius 2 is 1.78 bits per heavy atom. The van der Waals surface area contributed by atoms with Gasteiger partial charge in [0.1, 0.15) is 15.8 Å². The fourth-order valence-corrected chi connectivity index (χ4v) is 4.21. The van der Waals surface area contributed by atoms with Crippen molar-refractivity contribution in [2.75, 3.05) is 7.11 Å². The van der Waals surface area contributed by atoms with Crippen LogP contribution in [0, 0.1) is 0 Å². The van der Waals surface area contributed by atoms with Gasteiger partial charge in [-0.3, -0.25) is 0 Å². The summed E-state index contributed by atoms with van der Waals surface area (Å²) in [6.07, 6.45) is 0. The SMILES string of the molecule is COc1cccc(-c2ccc(SCc3csc(-c4ccccc4)n3)nn2)c1. The van der Waals surface area contributed by atoms with Crippen LogP contribution in [0.4, 0.5) is 0 Å². The minimum atomic E-state index is 0.774. The van der Waals surface area contributed by atoms with Gasteiger partial charge in [-0.25, -0.2) is 4.98 Å². The van der Waals surface area contributed by atoms with Crippen LogP contribution in [0.1, 0.15) is 5.69 Å². The van der Waals surface area contributed by atoms with E-state index in [1.165, 1.54) is 0 Å². The standard InChI is InChI=1S/C21H17N3OS2/c1-25-18-9-5-8-16(12-18)19-10-11-20(24-23-19)26-13-17-14-27-21(22-17)15-6-3-2-4-7-15/h2-12,14H,13H2,1H3. The number of rotatable bonds is 6. The van der Waals surface area contributed by atoms with Crippen LogP contribution in [-0.4, -0.2) is 22.3 Å². The summed E-state index contributed by atoms with van der Waals surface area (Å²) in [6.45, 7) is 0. The van der Waals surface area contributed by atoms with Gasteiger partial charge in [-0.15, -0.1) is 21.5 Å². The zero-order chi connectivity index (χ0) is 18.5. The number of benzene rings is 2. The highest BCUT2D eigenvalue weighted by Gasteiger charge is 2.07. The van der Waals surface area contributed by atoms with Crippen molar-refractivity contribution in [2.24, 2.45) is 0 Å². The second kappa shape index (κ2) is 8.33. The van der Waals surface area contributed by atoms with E-state index in [9.17, 15) is 0 Å². The summed E-state index contributed by atoms with van der Waals surface area (Å²) in [4.78, 5) is 4.72. The van der Waals surface area contributed by atoms with Gasteiger partial charge in [-0.1, -0.05) is 54.2 Å². The Morgan fingerprint density at radius 3 is 2.56 bits per heavy atom. The van der Waals surface area contributed by atoms with Crippen LogP contribution in [0.2, 0.25) is 0 Å². The fraction of sp³-hybridized carbons (Fsp3) is 0.0952. The molecule has 6 heteroatoms. The van der Waals surface area contributed by atoms with Crippen molar-refractivity contribution in [3.63, 3.8) is 0 Å². The van der Waals surface area contributed by atoms with E-state index in [2.05, 4.69) is 27.7 Å². The molecule has 0 aliphatic carbocycles. The third-order valence-electron chi connectivity index (χ3n) is 3.95. The lowest BCUT2D eigenvalue weighted by Crippen LogP contribution is -1.91. The minimum Gasteiger partial charge on any atom is -0.497 e. The molecule has 4 aromatic rings. The molecule has 27 heavy (non-hydrogen) atoms. The average Bonchev–Trinajstić information content (AvgIpc) is 3.22. The van der Waals surface area contributed by atoms with Crippen LogP contribution in [0.15, 0.2) is 77.1 Å². The number of hydrogen-bond acceptors (Lipinski definition) is 6. The molecule has 0 atom stereocenters. The van der Waals surface area contributed by atoms with Crippen molar-refractivity contribution < 1.29 is 4.74 Å². The number of thiazole rings is 1. The first-order valence-electron chi connectivity index (χ1n) is 8.42. The minimum absolute atomic E-state index is 0.774. The summed E-state index contributed by atoms with van der Waals surface area (Å²) in [5.41, 5.74) is 4.03. The largest absolute Gasteiger partial charge is 0.497 e. The second-order valence-electron chi connectivity index (χ2n) is 5.79. The first kappa shape index (κ1) is 17.7. The zero-order valence-corrected chi connectivity index (χ0v) is 16.3. The van der Waals surface area contributed by atoms with Crippen molar-refractivity contribution in [1.82, 2.24) is 15.2 Å². The zero-order valence-electron chi connectivity index (χ0n) is 14.7. The van der Waals surface area contributed by atoms with E-state index in [4.69, 9.17) is 9.72 Å². The van der Waals surface area contributed by atoms with Gasteiger partial charge in [0.05, 0.1) is 18.5 Å². The molecule has 2 heterocycles. The van der Waals surface area contributed by atoms with Gasteiger partial charge < -0.3 is 4.74 Å². The highest BCUT2D eigenvalue weighted by molar-refractivity contribution is 7.98. The van der Waals surface area contributed by atoms with E-state index in [-0.39, 0.29) is 0 Å². The summed E-state index contributed by atoms with van der Waals surface area (Å²) in [6, 6.07) is 22.0. The van der Waals surface area contributed by atoms with Crippen molar-refractivity contribution in [3.8, 4) is 27.6 Å². The van der Waals surface area contributed by atoms with E-state index in [1.807, 2.05) is 54.6 Å². The average molecular weight is 392 g/mol. The van der Waals surface area contributed by atoms with E-state index in [0.29, 0.717) is 0 Å². The predicted molar refractivity (Wildman–Crippen MR) is 111 cm³/mol. The van der Waals surface area contributed by atoms with Crippen molar-refractivity contribution in [2.45, 2.75) is 10.8 Å². The predicted octanol–water partition coefficient (Wildman–Crippen LogP) is 5.57. The number of hydrogen-bond donors (Lipinski definition) is 0. The molecule has 0 aliphatic rings. The maximum Gasteiger partial charge on any atom is 0.123 e. The molecular formula is C21H17N3OS2. The molecule has 2 aromatic carbocycles. The Bertz CT molecular complexity index is 1020. The molecule has 0 amide bonds. The lowest BCUT2D eigenvalue weighted by molar-refractivity contribution is 0.415. The van der Waals surface area contributed by atoms with E-state index < -0.39 is 0 Å².